The minimum Gasteiger partial charge on any atom is -0.271 e. The molecule has 1 aliphatic carbocycles. The summed E-state index contributed by atoms with van der Waals surface area (Å²) in [4.78, 5) is 1.42. The van der Waals surface area contributed by atoms with Gasteiger partial charge in [0.25, 0.3) is 0 Å². The van der Waals surface area contributed by atoms with Crippen LogP contribution in [0, 0.1) is 0 Å². The van der Waals surface area contributed by atoms with E-state index in [4.69, 9.17) is 0 Å². The highest BCUT2D eigenvalue weighted by Gasteiger charge is 2.18. The number of aryl methyl sites for hydroxylation is 3. The van der Waals surface area contributed by atoms with Gasteiger partial charge < -0.3 is 0 Å². The highest BCUT2D eigenvalue weighted by molar-refractivity contribution is 7.89. The average molecular weight is 388 g/mol. The molecule has 0 unspecified atom stereocenters. The zero-order valence-electron chi connectivity index (χ0n) is 14.6. The van der Waals surface area contributed by atoms with Gasteiger partial charge in [-0.15, -0.1) is 11.3 Å². The maximum Gasteiger partial charge on any atom is 0.240 e. The van der Waals surface area contributed by atoms with Gasteiger partial charge in [0.2, 0.25) is 10.0 Å². The standard InChI is InChI=1S/C19H21N3O2S2/c1-22-16(12-18(21-22)19-7-4-10-25-19)13-20-26(23,24)17-9-8-14-5-2-3-6-15(14)11-17/h4,7-12,20H,2-3,5-6,13H2,1H3. The smallest absolute Gasteiger partial charge is 0.240 e. The Bertz CT molecular complexity index is 1020. The lowest BCUT2D eigenvalue weighted by Crippen LogP contribution is -2.24. The first kappa shape index (κ1) is 17.5. The van der Waals surface area contributed by atoms with Crippen molar-refractivity contribution in [3.63, 3.8) is 0 Å². The first-order chi connectivity index (χ1) is 12.5. The van der Waals surface area contributed by atoms with Crippen LogP contribution in [0.2, 0.25) is 0 Å². The van der Waals surface area contributed by atoms with Crippen LogP contribution < -0.4 is 4.72 Å². The van der Waals surface area contributed by atoms with Crippen molar-refractivity contribution in [3.05, 3.63) is 58.6 Å². The average Bonchev–Trinajstić information content (AvgIpc) is 3.29. The Hall–Kier alpha value is -1.96. The third-order valence-electron chi connectivity index (χ3n) is 4.82. The molecule has 5 nitrogen and oxygen atoms in total. The molecular weight excluding hydrogens is 366 g/mol. The summed E-state index contributed by atoms with van der Waals surface area (Å²) >= 11 is 1.62. The molecule has 1 aromatic carbocycles. The fourth-order valence-corrected chi connectivity index (χ4v) is 5.08. The Morgan fingerprint density at radius 2 is 1.96 bits per heavy atom. The van der Waals surface area contributed by atoms with Gasteiger partial charge in [-0.2, -0.15) is 5.10 Å². The molecule has 0 radical (unpaired) electrons. The summed E-state index contributed by atoms with van der Waals surface area (Å²) in [5.41, 5.74) is 4.14. The van der Waals surface area contributed by atoms with E-state index in [1.54, 1.807) is 22.1 Å². The number of nitrogens with one attached hydrogen (secondary N) is 1. The minimum atomic E-state index is -3.54. The highest BCUT2D eigenvalue weighted by Crippen LogP contribution is 2.25. The molecule has 0 bridgehead atoms. The van der Waals surface area contributed by atoms with Crippen LogP contribution in [0.4, 0.5) is 0 Å². The van der Waals surface area contributed by atoms with Gasteiger partial charge in [-0.05, 0) is 66.5 Å². The lowest BCUT2D eigenvalue weighted by Gasteiger charge is -2.16. The molecule has 1 N–H and O–H groups in total. The monoisotopic (exact) mass is 387 g/mol. The summed E-state index contributed by atoms with van der Waals surface area (Å²) in [5.74, 6) is 0. The van der Waals surface area contributed by atoms with Crippen LogP contribution in [0.5, 0.6) is 0 Å². The molecule has 7 heteroatoms. The number of fused-ring (bicyclic) bond motifs is 1. The van der Waals surface area contributed by atoms with E-state index in [-0.39, 0.29) is 6.54 Å². The van der Waals surface area contributed by atoms with Gasteiger partial charge in [-0.25, -0.2) is 13.1 Å². The Labute approximate surface area is 157 Å². The van der Waals surface area contributed by atoms with E-state index >= 15 is 0 Å². The maximum absolute atomic E-state index is 12.7. The molecular formula is C19H21N3O2S2. The molecule has 0 saturated heterocycles. The van der Waals surface area contributed by atoms with Crippen LogP contribution in [0.3, 0.4) is 0 Å². The summed E-state index contributed by atoms with van der Waals surface area (Å²) in [6.45, 7) is 0.217. The quantitative estimate of drug-likeness (QED) is 0.729. The van der Waals surface area contributed by atoms with Crippen LogP contribution in [0.15, 0.2) is 46.7 Å². The molecule has 0 saturated carbocycles. The van der Waals surface area contributed by atoms with E-state index in [1.165, 1.54) is 17.5 Å². The molecule has 0 amide bonds. The number of sulfonamides is 1. The molecule has 1 aliphatic rings. The van der Waals surface area contributed by atoms with Crippen molar-refractivity contribution >= 4 is 21.4 Å². The van der Waals surface area contributed by atoms with Crippen molar-refractivity contribution in [2.24, 2.45) is 7.05 Å². The molecule has 0 atom stereocenters. The second-order valence-corrected chi connectivity index (χ2v) is 9.30. The lowest BCUT2D eigenvalue weighted by molar-refractivity contribution is 0.576. The van der Waals surface area contributed by atoms with E-state index < -0.39 is 10.0 Å². The highest BCUT2D eigenvalue weighted by atomic mass is 32.2. The van der Waals surface area contributed by atoms with Gasteiger partial charge in [0.05, 0.1) is 22.0 Å². The summed E-state index contributed by atoms with van der Waals surface area (Å²) in [7, 11) is -1.71. The number of benzene rings is 1. The molecule has 0 fully saturated rings. The van der Waals surface area contributed by atoms with Gasteiger partial charge in [0.15, 0.2) is 0 Å². The Morgan fingerprint density at radius 1 is 1.15 bits per heavy atom. The van der Waals surface area contributed by atoms with Gasteiger partial charge in [0.1, 0.15) is 5.69 Å². The molecule has 26 heavy (non-hydrogen) atoms. The maximum atomic E-state index is 12.7. The SMILES string of the molecule is Cn1nc(-c2cccs2)cc1CNS(=O)(=O)c1ccc2c(c1)CCCC2. The van der Waals surface area contributed by atoms with Crippen molar-refractivity contribution < 1.29 is 8.42 Å². The predicted octanol–water partition coefficient (Wildman–Crippen LogP) is 3.51. The van der Waals surface area contributed by atoms with E-state index in [0.29, 0.717) is 4.90 Å². The van der Waals surface area contributed by atoms with Gasteiger partial charge in [-0.1, -0.05) is 12.1 Å². The molecule has 3 aromatic rings. The van der Waals surface area contributed by atoms with Gasteiger partial charge in [-0.3, -0.25) is 4.68 Å². The Morgan fingerprint density at radius 3 is 2.73 bits per heavy atom. The Kier molecular flexibility index (Phi) is 4.69. The zero-order valence-corrected chi connectivity index (χ0v) is 16.2. The topological polar surface area (TPSA) is 64.0 Å². The molecule has 2 aromatic heterocycles. The van der Waals surface area contributed by atoms with Crippen LogP contribution in [-0.4, -0.2) is 18.2 Å². The van der Waals surface area contributed by atoms with Crippen molar-refractivity contribution in [1.29, 1.82) is 0 Å². The predicted molar refractivity (Wildman–Crippen MR) is 104 cm³/mol. The molecule has 136 valence electrons. The molecule has 4 rings (SSSR count). The van der Waals surface area contributed by atoms with E-state index in [2.05, 4.69) is 9.82 Å². The summed E-state index contributed by atoms with van der Waals surface area (Å²) < 4.78 is 29.8. The first-order valence-corrected chi connectivity index (χ1v) is 11.1. The van der Waals surface area contributed by atoms with Crippen molar-refractivity contribution in [3.8, 4) is 10.6 Å². The molecule has 0 spiro atoms. The number of nitrogens with zero attached hydrogens (tertiary/aromatic N) is 2. The van der Waals surface area contributed by atoms with Crippen LogP contribution in [0.1, 0.15) is 29.7 Å². The second-order valence-electron chi connectivity index (χ2n) is 6.58. The van der Waals surface area contributed by atoms with E-state index in [9.17, 15) is 8.42 Å². The number of rotatable bonds is 5. The first-order valence-electron chi connectivity index (χ1n) is 8.71. The number of thiophene rings is 1. The third kappa shape index (κ3) is 3.47. The number of hydrogen-bond donors (Lipinski definition) is 1. The third-order valence-corrected chi connectivity index (χ3v) is 7.12. The minimum absolute atomic E-state index is 0.217. The molecule has 0 aliphatic heterocycles. The van der Waals surface area contributed by atoms with Gasteiger partial charge in [0, 0.05) is 7.05 Å². The fourth-order valence-electron chi connectivity index (χ4n) is 3.35. The van der Waals surface area contributed by atoms with E-state index in [1.807, 2.05) is 42.8 Å². The number of hydrogen-bond acceptors (Lipinski definition) is 4. The van der Waals surface area contributed by atoms with Crippen molar-refractivity contribution in [2.45, 2.75) is 37.1 Å². The van der Waals surface area contributed by atoms with E-state index in [0.717, 1.165) is 35.5 Å². The van der Waals surface area contributed by atoms with Crippen LogP contribution in [-0.2, 0) is 36.5 Å². The second kappa shape index (κ2) is 6.98. The van der Waals surface area contributed by atoms with Crippen molar-refractivity contribution in [1.82, 2.24) is 14.5 Å². The lowest BCUT2D eigenvalue weighted by atomic mass is 9.92. The van der Waals surface area contributed by atoms with Crippen LogP contribution >= 0.6 is 11.3 Å². The van der Waals surface area contributed by atoms with Gasteiger partial charge >= 0.3 is 0 Å². The molecule has 2 heterocycles. The zero-order chi connectivity index (χ0) is 18.1. The Balaban J connectivity index is 1.52. The summed E-state index contributed by atoms with van der Waals surface area (Å²) in [5, 5.41) is 6.48. The fraction of sp³-hybridized carbons (Fsp3) is 0.316. The summed E-state index contributed by atoms with van der Waals surface area (Å²) in [6, 6.07) is 11.4. The largest absolute Gasteiger partial charge is 0.271 e. The number of aromatic nitrogens is 2. The van der Waals surface area contributed by atoms with Crippen molar-refractivity contribution in [2.75, 3.05) is 0 Å². The summed E-state index contributed by atoms with van der Waals surface area (Å²) in [6.07, 6.45) is 4.32. The normalized spacial score (nSPS) is 14.3. The van der Waals surface area contributed by atoms with Crippen LogP contribution in [0.25, 0.3) is 10.6 Å².